The molecule has 0 unspecified atom stereocenters. The van der Waals surface area contributed by atoms with Gasteiger partial charge in [0.1, 0.15) is 0 Å². The molecule has 0 aliphatic carbocycles. The molecule has 1 amide bonds. The molecule has 1 N–H and O–H groups in total. The van der Waals surface area contributed by atoms with Crippen LogP contribution in [0.1, 0.15) is 15.9 Å². The zero-order valence-corrected chi connectivity index (χ0v) is 18.7. The number of nitrogens with one attached hydrogen (secondary N) is 1. The van der Waals surface area contributed by atoms with E-state index in [1.807, 2.05) is 85.8 Å². The molecule has 4 nitrogen and oxygen atoms in total. The van der Waals surface area contributed by atoms with Crippen LogP contribution in [-0.4, -0.2) is 15.9 Å². The third kappa shape index (κ3) is 4.34. The lowest BCUT2D eigenvalue weighted by molar-refractivity contribution is 0.102. The number of anilines is 1. The topological polar surface area (TPSA) is 54.9 Å². The smallest absolute Gasteiger partial charge is 0.255 e. The van der Waals surface area contributed by atoms with Crippen LogP contribution >= 0.6 is 11.6 Å². The minimum absolute atomic E-state index is 0.230. The second-order valence-corrected chi connectivity index (χ2v) is 8.18. The number of carbonyl (C=O) groups is 1. The van der Waals surface area contributed by atoms with Crippen LogP contribution in [0.5, 0.6) is 0 Å². The second-order valence-electron chi connectivity index (χ2n) is 7.77. The monoisotopic (exact) mass is 449 g/mol. The highest BCUT2D eigenvalue weighted by Gasteiger charge is 2.15. The van der Waals surface area contributed by atoms with Gasteiger partial charge in [-0.05, 0) is 42.8 Å². The van der Waals surface area contributed by atoms with Gasteiger partial charge in [0, 0.05) is 27.4 Å². The van der Waals surface area contributed by atoms with Crippen molar-refractivity contribution in [1.29, 1.82) is 0 Å². The first-order chi connectivity index (χ1) is 16.1. The largest absolute Gasteiger partial charge is 0.322 e. The third-order valence-corrected chi connectivity index (χ3v) is 5.86. The van der Waals surface area contributed by atoms with Crippen molar-refractivity contribution in [3.05, 3.63) is 113 Å². The molecule has 1 aromatic heterocycles. The van der Waals surface area contributed by atoms with Crippen molar-refractivity contribution in [2.75, 3.05) is 5.32 Å². The minimum atomic E-state index is -0.230. The summed E-state index contributed by atoms with van der Waals surface area (Å²) in [6, 6.07) is 30.8. The van der Waals surface area contributed by atoms with Gasteiger partial charge in [-0.2, -0.15) is 0 Å². The fraction of sp³-hybridized carbons (Fsp3) is 0.0357. The first-order valence-corrected chi connectivity index (χ1v) is 11.0. The number of halogens is 1. The molecule has 5 aromatic rings. The summed E-state index contributed by atoms with van der Waals surface area (Å²) in [6.07, 6.45) is 0. The third-order valence-electron chi connectivity index (χ3n) is 5.45. The van der Waals surface area contributed by atoms with E-state index in [1.54, 1.807) is 18.2 Å². The van der Waals surface area contributed by atoms with Crippen molar-refractivity contribution in [2.45, 2.75) is 6.92 Å². The quantitative estimate of drug-likeness (QED) is 0.316. The van der Waals surface area contributed by atoms with Crippen molar-refractivity contribution in [3.8, 4) is 22.5 Å². The molecule has 0 fully saturated rings. The number of aryl methyl sites for hydroxylation is 1. The van der Waals surface area contributed by atoms with Crippen molar-refractivity contribution in [3.63, 3.8) is 0 Å². The van der Waals surface area contributed by atoms with E-state index in [4.69, 9.17) is 21.6 Å². The Labute approximate surface area is 196 Å². The summed E-state index contributed by atoms with van der Waals surface area (Å²) in [5.41, 5.74) is 7.02. The Balaban J connectivity index is 1.58. The van der Waals surface area contributed by atoms with Crippen LogP contribution in [0.3, 0.4) is 0 Å². The Kier molecular flexibility index (Phi) is 5.59. The van der Waals surface area contributed by atoms with Crippen molar-refractivity contribution < 1.29 is 4.79 Å². The number of rotatable bonds is 4. The van der Waals surface area contributed by atoms with E-state index >= 15 is 0 Å². The van der Waals surface area contributed by atoms with Gasteiger partial charge in [-0.1, -0.05) is 78.3 Å². The number of nitrogens with zero attached hydrogens (tertiary/aromatic N) is 2. The van der Waals surface area contributed by atoms with Crippen LogP contribution in [0.2, 0.25) is 5.02 Å². The highest BCUT2D eigenvalue weighted by Crippen LogP contribution is 2.31. The van der Waals surface area contributed by atoms with Crippen molar-refractivity contribution >= 4 is 34.2 Å². The highest BCUT2D eigenvalue weighted by molar-refractivity contribution is 6.31. The Hall–Kier alpha value is -4.02. The molecule has 4 aromatic carbocycles. The maximum absolute atomic E-state index is 12.9. The van der Waals surface area contributed by atoms with Crippen LogP contribution in [-0.2, 0) is 0 Å². The van der Waals surface area contributed by atoms with E-state index in [1.165, 1.54) is 0 Å². The van der Waals surface area contributed by atoms with Gasteiger partial charge in [0.15, 0.2) is 0 Å². The number of carbonyl (C=O) groups excluding carboxylic acids is 1. The molecule has 0 radical (unpaired) electrons. The molecule has 0 aliphatic heterocycles. The standard InChI is InChI=1S/C28H20ClN3O/c1-18-12-14-22(17-23(18)29)30-28(33)21-13-15-24-25(16-21)32-27(20-10-6-3-7-11-20)26(31-24)19-8-4-2-5-9-19/h2-17H,1H3,(H,30,33). The zero-order chi connectivity index (χ0) is 22.8. The molecule has 0 bridgehead atoms. The number of hydrogen-bond acceptors (Lipinski definition) is 3. The first-order valence-electron chi connectivity index (χ1n) is 10.6. The number of aromatic nitrogens is 2. The van der Waals surface area contributed by atoms with E-state index in [0.29, 0.717) is 21.8 Å². The van der Waals surface area contributed by atoms with Gasteiger partial charge in [-0.15, -0.1) is 0 Å². The lowest BCUT2D eigenvalue weighted by Gasteiger charge is -2.12. The van der Waals surface area contributed by atoms with Crippen LogP contribution in [0, 0.1) is 6.92 Å². The van der Waals surface area contributed by atoms with E-state index in [-0.39, 0.29) is 5.91 Å². The number of amides is 1. The van der Waals surface area contributed by atoms with E-state index in [2.05, 4.69) is 5.32 Å². The molecular weight excluding hydrogens is 430 g/mol. The van der Waals surface area contributed by atoms with Gasteiger partial charge in [-0.3, -0.25) is 4.79 Å². The number of hydrogen-bond donors (Lipinski definition) is 1. The zero-order valence-electron chi connectivity index (χ0n) is 17.9. The predicted molar refractivity (Wildman–Crippen MR) is 135 cm³/mol. The molecule has 0 aliphatic rings. The van der Waals surface area contributed by atoms with E-state index in [9.17, 15) is 4.79 Å². The van der Waals surface area contributed by atoms with E-state index in [0.717, 1.165) is 33.6 Å². The van der Waals surface area contributed by atoms with Gasteiger partial charge in [0.25, 0.3) is 5.91 Å². The molecule has 0 saturated heterocycles. The van der Waals surface area contributed by atoms with Crippen LogP contribution in [0.4, 0.5) is 5.69 Å². The first kappa shape index (κ1) is 20.9. The number of benzene rings is 4. The van der Waals surface area contributed by atoms with E-state index < -0.39 is 0 Å². The average molecular weight is 450 g/mol. The van der Waals surface area contributed by atoms with Crippen LogP contribution in [0.15, 0.2) is 97.1 Å². The maximum atomic E-state index is 12.9. The Morgan fingerprint density at radius 2 is 1.33 bits per heavy atom. The van der Waals surface area contributed by atoms with Gasteiger partial charge in [-0.25, -0.2) is 9.97 Å². The van der Waals surface area contributed by atoms with Gasteiger partial charge in [0.05, 0.1) is 22.4 Å². The average Bonchev–Trinajstić information content (AvgIpc) is 2.86. The summed E-state index contributed by atoms with van der Waals surface area (Å²) in [5, 5.41) is 3.51. The molecule has 5 rings (SSSR count). The summed E-state index contributed by atoms with van der Waals surface area (Å²) in [4.78, 5) is 22.7. The second kappa shape index (κ2) is 8.85. The minimum Gasteiger partial charge on any atom is -0.322 e. The van der Waals surface area contributed by atoms with Gasteiger partial charge < -0.3 is 5.32 Å². The molecular formula is C28H20ClN3O. The molecule has 0 atom stereocenters. The fourth-order valence-corrected chi connectivity index (χ4v) is 3.84. The predicted octanol–water partition coefficient (Wildman–Crippen LogP) is 7.18. The Bertz CT molecular complexity index is 1470. The summed E-state index contributed by atoms with van der Waals surface area (Å²) in [6.45, 7) is 1.92. The lowest BCUT2D eigenvalue weighted by Crippen LogP contribution is -2.12. The normalized spacial score (nSPS) is 10.8. The maximum Gasteiger partial charge on any atom is 0.255 e. The van der Waals surface area contributed by atoms with Crippen LogP contribution < -0.4 is 5.32 Å². The molecule has 0 spiro atoms. The lowest BCUT2D eigenvalue weighted by atomic mass is 10.0. The Morgan fingerprint density at radius 3 is 1.94 bits per heavy atom. The molecule has 0 saturated carbocycles. The Morgan fingerprint density at radius 1 is 0.727 bits per heavy atom. The molecule has 160 valence electrons. The van der Waals surface area contributed by atoms with Gasteiger partial charge >= 0.3 is 0 Å². The summed E-state index contributed by atoms with van der Waals surface area (Å²) in [7, 11) is 0. The summed E-state index contributed by atoms with van der Waals surface area (Å²) >= 11 is 6.19. The van der Waals surface area contributed by atoms with Crippen molar-refractivity contribution in [2.24, 2.45) is 0 Å². The molecule has 5 heteroatoms. The number of fused-ring (bicyclic) bond motifs is 1. The highest BCUT2D eigenvalue weighted by atomic mass is 35.5. The molecule has 33 heavy (non-hydrogen) atoms. The van der Waals surface area contributed by atoms with Crippen LogP contribution in [0.25, 0.3) is 33.5 Å². The fourth-order valence-electron chi connectivity index (χ4n) is 3.66. The molecule has 1 heterocycles. The summed E-state index contributed by atoms with van der Waals surface area (Å²) in [5.74, 6) is -0.230. The van der Waals surface area contributed by atoms with Crippen molar-refractivity contribution in [1.82, 2.24) is 9.97 Å². The van der Waals surface area contributed by atoms with Gasteiger partial charge in [0.2, 0.25) is 0 Å². The summed E-state index contributed by atoms with van der Waals surface area (Å²) < 4.78 is 0. The SMILES string of the molecule is Cc1ccc(NC(=O)c2ccc3nc(-c4ccccc4)c(-c4ccccc4)nc3c2)cc1Cl.